The van der Waals surface area contributed by atoms with E-state index in [-0.39, 0.29) is 17.5 Å². The lowest BCUT2D eigenvalue weighted by Crippen LogP contribution is -2.61. The number of hydrogen-bond donors (Lipinski definition) is 0. The first-order chi connectivity index (χ1) is 14.1. The van der Waals surface area contributed by atoms with Gasteiger partial charge in [0.2, 0.25) is 5.88 Å². The van der Waals surface area contributed by atoms with Gasteiger partial charge in [0.05, 0.1) is 13.0 Å². The molecule has 0 aliphatic carbocycles. The molecule has 2 bridgehead atoms. The van der Waals surface area contributed by atoms with Crippen molar-refractivity contribution in [2.24, 2.45) is 5.92 Å². The van der Waals surface area contributed by atoms with Crippen LogP contribution in [0.1, 0.15) is 25.0 Å². The van der Waals surface area contributed by atoms with Gasteiger partial charge < -0.3 is 9.64 Å². The van der Waals surface area contributed by atoms with E-state index in [2.05, 4.69) is 9.97 Å². The second-order valence-electron chi connectivity index (χ2n) is 7.57. The first-order valence-corrected chi connectivity index (χ1v) is 9.57. The van der Waals surface area contributed by atoms with E-state index in [1.165, 1.54) is 6.20 Å². The van der Waals surface area contributed by atoms with E-state index in [1.807, 2.05) is 4.90 Å². The minimum Gasteiger partial charge on any atom is -0.476 e. The fourth-order valence-corrected chi connectivity index (χ4v) is 4.34. The van der Waals surface area contributed by atoms with Crippen molar-refractivity contribution in [3.63, 3.8) is 0 Å². The van der Waals surface area contributed by atoms with E-state index in [9.17, 15) is 39.5 Å². The van der Waals surface area contributed by atoms with E-state index in [4.69, 9.17) is 16.3 Å². The molecular weight excluding hydrogens is 469 g/mol. The van der Waals surface area contributed by atoms with Crippen LogP contribution in [0.2, 0.25) is 0 Å². The Morgan fingerprint density at radius 2 is 1.55 bits per heavy atom. The predicted molar refractivity (Wildman–Crippen MR) is 89.7 cm³/mol. The maximum atomic E-state index is 13.7. The Kier molecular flexibility index (Phi) is 6.09. The molecule has 4 rings (SSSR count). The molecule has 0 spiro atoms. The molecule has 3 aliphatic rings. The highest BCUT2D eigenvalue weighted by Gasteiger charge is 2.81. The van der Waals surface area contributed by atoms with Crippen LogP contribution in [0.3, 0.4) is 0 Å². The lowest BCUT2D eigenvalue weighted by atomic mass is 9.76. The summed E-state index contributed by atoms with van der Waals surface area (Å²) in [6, 6.07) is 0. The van der Waals surface area contributed by atoms with Crippen LogP contribution in [0.5, 0.6) is 5.88 Å². The van der Waals surface area contributed by atoms with Crippen LogP contribution in [0.4, 0.5) is 39.5 Å². The predicted octanol–water partition coefficient (Wildman–Crippen LogP) is 4.87. The Morgan fingerprint density at radius 3 is 2.06 bits per heavy atom. The van der Waals surface area contributed by atoms with Crippen LogP contribution >= 0.6 is 11.6 Å². The fourth-order valence-electron chi connectivity index (χ4n) is 3.83. The van der Waals surface area contributed by atoms with Gasteiger partial charge in [-0.3, -0.25) is 4.98 Å². The highest BCUT2D eigenvalue weighted by atomic mass is 35.5. The van der Waals surface area contributed by atoms with Crippen LogP contribution in [0, 0.1) is 5.92 Å². The molecule has 14 heteroatoms. The molecule has 0 saturated carbocycles. The number of ether oxygens (including phenoxy) is 1. The van der Waals surface area contributed by atoms with Gasteiger partial charge >= 0.3 is 23.9 Å². The zero-order valence-electron chi connectivity index (χ0n) is 15.7. The zero-order valence-corrected chi connectivity index (χ0v) is 16.5. The molecule has 0 aromatic carbocycles. The molecular formula is C17H17ClF9N3O. The topological polar surface area (TPSA) is 38.3 Å². The largest absolute Gasteiger partial charge is 0.476 e. The first kappa shape index (κ1) is 24.1. The number of nitrogens with zero attached hydrogens (tertiary/aromatic N) is 3. The van der Waals surface area contributed by atoms with Gasteiger partial charge in [-0.1, -0.05) is 0 Å². The molecule has 0 N–H and O–H groups in total. The maximum Gasteiger partial charge on any atom is 0.460 e. The van der Waals surface area contributed by atoms with Crippen molar-refractivity contribution in [1.82, 2.24) is 14.9 Å². The van der Waals surface area contributed by atoms with Crippen LogP contribution in [-0.2, 0) is 4.87 Å². The summed E-state index contributed by atoms with van der Waals surface area (Å²) in [6.07, 6.45) is -5.17. The molecule has 3 aliphatic heterocycles. The third kappa shape index (κ3) is 4.03. The molecule has 1 aromatic rings. The van der Waals surface area contributed by atoms with Gasteiger partial charge in [0, 0.05) is 18.9 Å². The number of alkyl halides is 10. The van der Waals surface area contributed by atoms with E-state index in [0.29, 0.717) is 6.54 Å². The second kappa shape index (κ2) is 7.82. The summed E-state index contributed by atoms with van der Waals surface area (Å²) in [5.74, 6) is -19.8. The van der Waals surface area contributed by atoms with Gasteiger partial charge in [-0.25, -0.2) is 4.98 Å². The number of piperidine rings is 3. The number of fused-ring (bicyclic) bond motifs is 3. The van der Waals surface area contributed by atoms with Crippen molar-refractivity contribution in [3.8, 4) is 5.88 Å². The van der Waals surface area contributed by atoms with E-state index < -0.39 is 41.8 Å². The molecule has 0 radical (unpaired) electrons. The molecule has 3 fully saturated rings. The van der Waals surface area contributed by atoms with Crippen LogP contribution < -0.4 is 4.74 Å². The average molecular weight is 486 g/mol. The SMILES string of the molecule is FC(F)(F)C(F)(F)C(F)(F)C(F)(F)CCOc1nccnc1C1(Cl)CN2CCC1CC2. The number of rotatable bonds is 7. The third-order valence-electron chi connectivity index (χ3n) is 5.61. The Bertz CT molecular complexity index is 799. The summed E-state index contributed by atoms with van der Waals surface area (Å²) in [6.45, 7) is 0.624. The highest BCUT2D eigenvalue weighted by molar-refractivity contribution is 6.24. The summed E-state index contributed by atoms with van der Waals surface area (Å²) in [4.78, 5) is 8.84. The average Bonchev–Trinajstić information content (AvgIpc) is 2.67. The summed E-state index contributed by atoms with van der Waals surface area (Å²) in [7, 11) is 0. The van der Waals surface area contributed by atoms with Gasteiger partial charge in [0.15, 0.2) is 0 Å². The molecule has 176 valence electrons. The third-order valence-corrected chi connectivity index (χ3v) is 6.22. The minimum absolute atomic E-state index is 0.0468. The number of aromatic nitrogens is 2. The zero-order chi connectivity index (χ0) is 23.3. The molecule has 0 amide bonds. The first-order valence-electron chi connectivity index (χ1n) is 9.19. The number of hydrogen-bond acceptors (Lipinski definition) is 4. The number of halogens is 10. The Hall–Kier alpha value is -1.50. The normalized spacial score (nSPS) is 27.4. The Morgan fingerprint density at radius 1 is 0.968 bits per heavy atom. The molecule has 3 saturated heterocycles. The van der Waals surface area contributed by atoms with Crippen molar-refractivity contribution < 1.29 is 44.3 Å². The molecule has 4 heterocycles. The molecule has 31 heavy (non-hydrogen) atoms. The van der Waals surface area contributed by atoms with Crippen molar-refractivity contribution in [3.05, 3.63) is 18.1 Å². The van der Waals surface area contributed by atoms with Crippen molar-refractivity contribution in [2.75, 3.05) is 26.2 Å². The highest BCUT2D eigenvalue weighted by Crippen LogP contribution is 2.54. The van der Waals surface area contributed by atoms with Crippen molar-refractivity contribution >= 4 is 11.6 Å². The lowest BCUT2D eigenvalue weighted by Gasteiger charge is -2.49. The maximum absolute atomic E-state index is 13.7. The van der Waals surface area contributed by atoms with E-state index in [0.717, 1.165) is 32.1 Å². The minimum atomic E-state index is -6.93. The second-order valence-corrected chi connectivity index (χ2v) is 8.25. The van der Waals surface area contributed by atoms with Gasteiger partial charge in [0.1, 0.15) is 10.6 Å². The summed E-state index contributed by atoms with van der Waals surface area (Å²) < 4.78 is 122. The van der Waals surface area contributed by atoms with Crippen LogP contribution in [0.25, 0.3) is 0 Å². The van der Waals surface area contributed by atoms with Crippen molar-refractivity contribution in [2.45, 2.75) is 48.1 Å². The van der Waals surface area contributed by atoms with Gasteiger partial charge in [-0.05, 0) is 31.8 Å². The van der Waals surface area contributed by atoms with Crippen LogP contribution in [-0.4, -0.2) is 65.1 Å². The molecule has 1 atom stereocenters. The Labute approximate surface area is 175 Å². The van der Waals surface area contributed by atoms with Crippen LogP contribution in [0.15, 0.2) is 12.4 Å². The van der Waals surface area contributed by atoms with Gasteiger partial charge in [0.25, 0.3) is 0 Å². The van der Waals surface area contributed by atoms with E-state index in [1.54, 1.807) is 0 Å². The van der Waals surface area contributed by atoms with Gasteiger partial charge in [-0.2, -0.15) is 39.5 Å². The standard InChI is InChI=1S/C17H17ClF9N3O/c18-13(9-30-6-1-10(13)2-7-30)11-12(29-5-4-28-11)31-8-3-14(19,20)15(21,22)16(23,24)17(25,26)27/h4-5,10H,1-3,6-9H2. The Balaban J connectivity index is 1.74. The fraction of sp³-hybridized carbons (Fsp3) is 0.765. The monoisotopic (exact) mass is 485 g/mol. The quantitative estimate of drug-likeness (QED) is 0.408. The summed E-state index contributed by atoms with van der Waals surface area (Å²) in [5, 5.41) is 0. The molecule has 1 unspecified atom stereocenters. The molecule has 1 aromatic heterocycles. The molecule has 4 nitrogen and oxygen atoms in total. The smallest absolute Gasteiger partial charge is 0.460 e. The summed E-state index contributed by atoms with van der Waals surface area (Å²) in [5.41, 5.74) is 0.0711. The van der Waals surface area contributed by atoms with E-state index >= 15 is 0 Å². The van der Waals surface area contributed by atoms with Crippen molar-refractivity contribution in [1.29, 1.82) is 0 Å². The van der Waals surface area contributed by atoms with Gasteiger partial charge in [-0.15, -0.1) is 11.6 Å². The summed E-state index contributed by atoms with van der Waals surface area (Å²) >= 11 is 6.74. The lowest BCUT2D eigenvalue weighted by molar-refractivity contribution is -0.397.